The van der Waals surface area contributed by atoms with Crippen LogP contribution in [0.1, 0.15) is 43.6 Å². The van der Waals surface area contributed by atoms with Crippen molar-refractivity contribution in [1.29, 1.82) is 0 Å². The normalized spacial score (nSPS) is 24.5. The van der Waals surface area contributed by atoms with Crippen molar-refractivity contribution in [2.24, 2.45) is 5.92 Å². The number of piperidine rings is 1. The van der Waals surface area contributed by atoms with Gasteiger partial charge in [-0.15, -0.1) is 0 Å². The van der Waals surface area contributed by atoms with E-state index in [2.05, 4.69) is 35.2 Å². The molecule has 0 aromatic heterocycles. The third kappa shape index (κ3) is 4.34. The molecular formula is C22H31N3O2. The molecule has 3 aliphatic rings. The number of amides is 2. The summed E-state index contributed by atoms with van der Waals surface area (Å²) in [6.07, 6.45) is 5.07. The van der Waals surface area contributed by atoms with Crippen molar-refractivity contribution in [3.8, 4) is 0 Å². The highest BCUT2D eigenvalue weighted by molar-refractivity contribution is 5.81. The van der Waals surface area contributed by atoms with Crippen molar-refractivity contribution in [2.45, 2.75) is 38.0 Å². The minimum Gasteiger partial charge on any atom is -0.342 e. The van der Waals surface area contributed by atoms with Crippen LogP contribution in [0.25, 0.3) is 0 Å². The zero-order chi connectivity index (χ0) is 18.6. The molecular weight excluding hydrogens is 338 g/mol. The maximum Gasteiger partial charge on any atom is 0.236 e. The van der Waals surface area contributed by atoms with Gasteiger partial charge in [0.1, 0.15) is 0 Å². The highest BCUT2D eigenvalue weighted by Gasteiger charge is 2.32. The van der Waals surface area contributed by atoms with E-state index in [1.165, 1.54) is 5.56 Å². The van der Waals surface area contributed by atoms with Gasteiger partial charge in [0.2, 0.25) is 11.8 Å². The number of carbonyl (C=O) groups is 2. The Kier molecular flexibility index (Phi) is 5.77. The summed E-state index contributed by atoms with van der Waals surface area (Å²) in [7, 11) is 0. The second-order valence-corrected chi connectivity index (χ2v) is 8.32. The second-order valence-electron chi connectivity index (χ2n) is 8.32. The quantitative estimate of drug-likeness (QED) is 0.818. The SMILES string of the molecule is O=C(CN1CCC(c2ccccc2)C1)N1CCC(C(=O)N2CCCC2)CC1. The first kappa shape index (κ1) is 18.5. The van der Waals surface area contributed by atoms with Gasteiger partial charge in [-0.05, 0) is 50.1 Å². The predicted octanol–water partition coefficient (Wildman–Crippen LogP) is 2.34. The smallest absolute Gasteiger partial charge is 0.236 e. The van der Waals surface area contributed by atoms with Crippen LogP contribution in [-0.4, -0.2) is 72.3 Å². The molecule has 3 heterocycles. The first-order valence-electron chi connectivity index (χ1n) is 10.5. The first-order valence-corrected chi connectivity index (χ1v) is 10.5. The minimum atomic E-state index is 0.126. The molecule has 0 bridgehead atoms. The number of rotatable bonds is 4. The van der Waals surface area contributed by atoms with Gasteiger partial charge in [0.25, 0.3) is 0 Å². The maximum absolute atomic E-state index is 12.7. The average Bonchev–Trinajstić information content (AvgIpc) is 3.40. The molecule has 2 amide bonds. The van der Waals surface area contributed by atoms with Crippen molar-refractivity contribution in [3.63, 3.8) is 0 Å². The Hall–Kier alpha value is -1.88. The fourth-order valence-corrected chi connectivity index (χ4v) is 4.84. The van der Waals surface area contributed by atoms with Crippen LogP contribution in [0.15, 0.2) is 30.3 Å². The number of hydrogen-bond acceptors (Lipinski definition) is 3. The highest BCUT2D eigenvalue weighted by Crippen LogP contribution is 2.27. The molecule has 1 aromatic rings. The van der Waals surface area contributed by atoms with E-state index in [4.69, 9.17) is 0 Å². The van der Waals surface area contributed by atoms with E-state index in [1.807, 2.05) is 9.80 Å². The number of carbonyl (C=O) groups excluding carboxylic acids is 2. The van der Waals surface area contributed by atoms with Gasteiger partial charge >= 0.3 is 0 Å². The van der Waals surface area contributed by atoms with Crippen LogP contribution in [0.4, 0.5) is 0 Å². The zero-order valence-corrected chi connectivity index (χ0v) is 16.2. The topological polar surface area (TPSA) is 43.9 Å². The van der Waals surface area contributed by atoms with Gasteiger partial charge in [-0.3, -0.25) is 14.5 Å². The molecule has 0 aliphatic carbocycles. The van der Waals surface area contributed by atoms with Crippen molar-refractivity contribution in [2.75, 3.05) is 45.8 Å². The summed E-state index contributed by atoms with van der Waals surface area (Å²) >= 11 is 0. The van der Waals surface area contributed by atoms with Crippen molar-refractivity contribution >= 4 is 11.8 Å². The molecule has 5 heteroatoms. The Morgan fingerprint density at radius 1 is 0.852 bits per heavy atom. The molecule has 1 unspecified atom stereocenters. The fourth-order valence-electron chi connectivity index (χ4n) is 4.84. The number of likely N-dealkylation sites (tertiary alicyclic amines) is 3. The molecule has 0 saturated carbocycles. The van der Waals surface area contributed by atoms with E-state index in [0.29, 0.717) is 18.4 Å². The molecule has 146 valence electrons. The third-order valence-corrected chi connectivity index (χ3v) is 6.52. The van der Waals surface area contributed by atoms with E-state index in [1.54, 1.807) is 0 Å². The van der Waals surface area contributed by atoms with Crippen molar-refractivity contribution in [1.82, 2.24) is 14.7 Å². The lowest BCUT2D eigenvalue weighted by atomic mass is 9.95. The summed E-state index contributed by atoms with van der Waals surface area (Å²) in [6, 6.07) is 10.6. The van der Waals surface area contributed by atoms with Gasteiger partial charge in [-0.1, -0.05) is 30.3 Å². The molecule has 0 radical (unpaired) electrons. The summed E-state index contributed by atoms with van der Waals surface area (Å²) in [5, 5.41) is 0. The summed E-state index contributed by atoms with van der Waals surface area (Å²) in [5.74, 6) is 1.23. The highest BCUT2D eigenvalue weighted by atomic mass is 16.2. The molecule has 3 aliphatic heterocycles. The van der Waals surface area contributed by atoms with E-state index < -0.39 is 0 Å². The minimum absolute atomic E-state index is 0.126. The molecule has 27 heavy (non-hydrogen) atoms. The lowest BCUT2D eigenvalue weighted by molar-refractivity contribution is -0.140. The summed E-state index contributed by atoms with van der Waals surface area (Å²) < 4.78 is 0. The van der Waals surface area contributed by atoms with Gasteiger partial charge in [0.05, 0.1) is 6.54 Å². The van der Waals surface area contributed by atoms with Crippen LogP contribution >= 0.6 is 0 Å². The van der Waals surface area contributed by atoms with E-state index in [-0.39, 0.29) is 11.8 Å². The molecule has 0 spiro atoms. The number of hydrogen-bond donors (Lipinski definition) is 0. The van der Waals surface area contributed by atoms with Crippen molar-refractivity contribution < 1.29 is 9.59 Å². The van der Waals surface area contributed by atoms with Crippen LogP contribution < -0.4 is 0 Å². The molecule has 1 aromatic carbocycles. The molecule has 1 atom stereocenters. The van der Waals surface area contributed by atoms with Gasteiger partial charge in [0, 0.05) is 38.6 Å². The molecule has 0 N–H and O–H groups in total. The van der Waals surface area contributed by atoms with E-state index >= 15 is 0 Å². The third-order valence-electron chi connectivity index (χ3n) is 6.52. The van der Waals surface area contributed by atoms with E-state index in [9.17, 15) is 9.59 Å². The van der Waals surface area contributed by atoms with Gasteiger partial charge < -0.3 is 9.80 Å². The Morgan fingerprint density at radius 2 is 1.56 bits per heavy atom. The van der Waals surface area contributed by atoms with Gasteiger partial charge in [0.15, 0.2) is 0 Å². The Labute approximate surface area is 162 Å². The average molecular weight is 370 g/mol. The van der Waals surface area contributed by atoms with Crippen molar-refractivity contribution in [3.05, 3.63) is 35.9 Å². The summed E-state index contributed by atoms with van der Waals surface area (Å²) in [4.78, 5) is 31.6. The van der Waals surface area contributed by atoms with Crippen LogP contribution in [0.5, 0.6) is 0 Å². The van der Waals surface area contributed by atoms with Gasteiger partial charge in [-0.25, -0.2) is 0 Å². The lowest BCUT2D eigenvalue weighted by Crippen LogP contribution is -2.46. The maximum atomic E-state index is 12.7. The molecule has 5 nitrogen and oxygen atoms in total. The molecule has 4 rings (SSSR count). The van der Waals surface area contributed by atoms with Crippen LogP contribution in [-0.2, 0) is 9.59 Å². The van der Waals surface area contributed by atoms with Crippen LogP contribution in [0.3, 0.4) is 0 Å². The fraction of sp³-hybridized carbons (Fsp3) is 0.636. The number of nitrogens with zero attached hydrogens (tertiary/aromatic N) is 3. The van der Waals surface area contributed by atoms with Gasteiger partial charge in [-0.2, -0.15) is 0 Å². The summed E-state index contributed by atoms with van der Waals surface area (Å²) in [5.41, 5.74) is 1.38. The largest absolute Gasteiger partial charge is 0.342 e. The van der Waals surface area contributed by atoms with Crippen LogP contribution in [0, 0.1) is 5.92 Å². The standard InChI is InChI=1S/C22H31N3O2/c26-21(17-23-13-8-20(16-23)18-6-2-1-3-7-18)24-14-9-19(10-15-24)22(27)25-11-4-5-12-25/h1-3,6-7,19-20H,4-5,8-17H2. The zero-order valence-electron chi connectivity index (χ0n) is 16.2. The van der Waals surface area contributed by atoms with Crippen LogP contribution in [0.2, 0.25) is 0 Å². The Morgan fingerprint density at radius 3 is 2.26 bits per heavy atom. The predicted molar refractivity (Wildman–Crippen MR) is 105 cm³/mol. The lowest BCUT2D eigenvalue weighted by Gasteiger charge is -2.34. The molecule has 3 saturated heterocycles. The Balaban J connectivity index is 1.22. The Bertz CT molecular complexity index is 649. The monoisotopic (exact) mass is 369 g/mol. The first-order chi connectivity index (χ1) is 13.2. The summed E-state index contributed by atoms with van der Waals surface area (Å²) in [6.45, 7) is 5.81. The second kappa shape index (κ2) is 8.42. The van der Waals surface area contributed by atoms with E-state index in [0.717, 1.165) is 71.4 Å². The molecule has 3 fully saturated rings. The number of benzene rings is 1.